The first-order valence-corrected chi connectivity index (χ1v) is 7.25. The zero-order valence-electron chi connectivity index (χ0n) is 11.6. The Bertz CT molecular complexity index is 392. The molecule has 0 unspecified atom stereocenters. The van der Waals surface area contributed by atoms with Crippen LogP contribution in [0.25, 0.3) is 0 Å². The van der Waals surface area contributed by atoms with Crippen molar-refractivity contribution in [1.82, 2.24) is 9.80 Å². The highest BCUT2D eigenvalue weighted by molar-refractivity contribution is 5.26. The summed E-state index contributed by atoms with van der Waals surface area (Å²) in [6.45, 7) is 5.97. The van der Waals surface area contributed by atoms with Gasteiger partial charge < -0.3 is 9.64 Å². The van der Waals surface area contributed by atoms with Gasteiger partial charge in [0.05, 0.1) is 13.2 Å². The minimum Gasteiger partial charge on any atom is -0.379 e. The van der Waals surface area contributed by atoms with Gasteiger partial charge in [-0.2, -0.15) is 0 Å². The summed E-state index contributed by atoms with van der Waals surface area (Å²) in [6.07, 6.45) is 2.33. The lowest BCUT2D eigenvalue weighted by Crippen LogP contribution is -2.55. The van der Waals surface area contributed by atoms with Crippen LogP contribution in [0.15, 0.2) is 30.3 Å². The molecule has 3 heteroatoms. The van der Waals surface area contributed by atoms with Crippen LogP contribution in [0, 0.1) is 7.05 Å². The Labute approximate surface area is 116 Å². The first-order valence-electron chi connectivity index (χ1n) is 7.25. The lowest BCUT2D eigenvalue weighted by atomic mass is 9.79. The number of nitrogens with zero attached hydrogens (tertiary/aromatic N) is 2. The van der Waals surface area contributed by atoms with Crippen molar-refractivity contribution in [3.05, 3.63) is 42.9 Å². The topological polar surface area (TPSA) is 15.7 Å². The fraction of sp³-hybridized carbons (Fsp3) is 0.562. The van der Waals surface area contributed by atoms with E-state index >= 15 is 0 Å². The average Bonchev–Trinajstić information content (AvgIpc) is 2.50. The largest absolute Gasteiger partial charge is 0.379 e. The number of hydrogen-bond acceptors (Lipinski definition) is 3. The van der Waals surface area contributed by atoms with Crippen molar-refractivity contribution in [1.29, 1.82) is 0 Å². The van der Waals surface area contributed by atoms with Crippen molar-refractivity contribution in [2.45, 2.75) is 18.4 Å². The van der Waals surface area contributed by atoms with Crippen LogP contribution in [0.5, 0.6) is 0 Å². The molecule has 0 bridgehead atoms. The number of piperidine rings is 1. The second-order valence-electron chi connectivity index (χ2n) is 5.62. The predicted octanol–water partition coefficient (Wildman–Crippen LogP) is 2.10. The van der Waals surface area contributed by atoms with Crippen molar-refractivity contribution in [2.24, 2.45) is 0 Å². The molecule has 0 amide bonds. The zero-order chi connectivity index (χ0) is 13.1. The van der Waals surface area contributed by atoms with E-state index in [-0.39, 0.29) is 5.54 Å². The van der Waals surface area contributed by atoms with Crippen LogP contribution >= 0.6 is 0 Å². The van der Waals surface area contributed by atoms with E-state index in [0.717, 1.165) is 39.4 Å². The SMILES string of the molecule is [CH2]N1CCC(c2ccccc2)(N2CCOCC2)CC1. The second kappa shape index (κ2) is 5.61. The van der Waals surface area contributed by atoms with Crippen molar-refractivity contribution >= 4 is 0 Å². The Morgan fingerprint density at radius 2 is 1.58 bits per heavy atom. The number of hydrogen-bond donors (Lipinski definition) is 0. The van der Waals surface area contributed by atoms with Crippen LogP contribution in [0.3, 0.4) is 0 Å². The van der Waals surface area contributed by atoms with Crippen LogP contribution in [0.2, 0.25) is 0 Å². The summed E-state index contributed by atoms with van der Waals surface area (Å²) in [5.41, 5.74) is 1.66. The molecule has 0 atom stereocenters. The minimum atomic E-state index is 0.194. The lowest BCUT2D eigenvalue weighted by molar-refractivity contribution is -0.0470. The van der Waals surface area contributed by atoms with E-state index in [1.54, 1.807) is 0 Å². The van der Waals surface area contributed by atoms with Gasteiger partial charge in [0, 0.05) is 38.8 Å². The number of morpholine rings is 1. The molecule has 0 aliphatic carbocycles. The highest BCUT2D eigenvalue weighted by Crippen LogP contribution is 2.39. The molecule has 1 aromatic rings. The maximum Gasteiger partial charge on any atom is 0.0594 e. The summed E-state index contributed by atoms with van der Waals surface area (Å²) in [4.78, 5) is 4.83. The number of ether oxygens (including phenoxy) is 1. The molecular formula is C16H23N2O. The van der Waals surface area contributed by atoms with E-state index < -0.39 is 0 Å². The molecule has 2 fully saturated rings. The molecular weight excluding hydrogens is 236 g/mol. The Balaban J connectivity index is 1.91. The molecule has 0 spiro atoms. The van der Waals surface area contributed by atoms with Gasteiger partial charge in [0.2, 0.25) is 0 Å². The molecule has 19 heavy (non-hydrogen) atoms. The van der Waals surface area contributed by atoms with Crippen molar-refractivity contribution in [3.63, 3.8) is 0 Å². The predicted molar refractivity (Wildman–Crippen MR) is 76.7 cm³/mol. The van der Waals surface area contributed by atoms with Crippen molar-refractivity contribution < 1.29 is 4.74 Å². The van der Waals surface area contributed by atoms with Crippen molar-refractivity contribution in [3.8, 4) is 0 Å². The molecule has 1 aromatic carbocycles. The molecule has 3 rings (SSSR count). The van der Waals surface area contributed by atoms with Gasteiger partial charge in [-0.05, 0) is 18.4 Å². The molecule has 1 radical (unpaired) electrons. The van der Waals surface area contributed by atoms with Crippen LogP contribution in [-0.4, -0.2) is 49.2 Å². The van der Waals surface area contributed by atoms with Crippen LogP contribution in [0.1, 0.15) is 18.4 Å². The van der Waals surface area contributed by atoms with E-state index in [1.165, 1.54) is 18.4 Å². The third-order valence-electron chi connectivity index (χ3n) is 4.61. The molecule has 0 aromatic heterocycles. The highest BCUT2D eigenvalue weighted by Gasteiger charge is 2.41. The van der Waals surface area contributed by atoms with Gasteiger partial charge in [0.25, 0.3) is 0 Å². The quantitative estimate of drug-likeness (QED) is 0.809. The number of likely N-dealkylation sites (tertiary alicyclic amines) is 1. The summed E-state index contributed by atoms with van der Waals surface area (Å²) < 4.78 is 5.53. The van der Waals surface area contributed by atoms with Crippen LogP contribution in [0.4, 0.5) is 0 Å². The van der Waals surface area contributed by atoms with E-state index in [0.29, 0.717) is 0 Å². The fourth-order valence-corrected chi connectivity index (χ4v) is 3.45. The molecule has 2 heterocycles. The summed E-state index contributed by atoms with van der Waals surface area (Å²) in [5.74, 6) is 0. The van der Waals surface area contributed by atoms with E-state index in [1.807, 2.05) is 0 Å². The fourth-order valence-electron chi connectivity index (χ4n) is 3.45. The second-order valence-corrected chi connectivity index (χ2v) is 5.62. The van der Waals surface area contributed by atoms with E-state index in [4.69, 9.17) is 4.74 Å². The Kier molecular flexibility index (Phi) is 3.87. The maximum atomic E-state index is 5.53. The van der Waals surface area contributed by atoms with Crippen LogP contribution < -0.4 is 0 Å². The maximum absolute atomic E-state index is 5.53. The summed E-state index contributed by atoms with van der Waals surface area (Å²) in [6, 6.07) is 11.0. The summed E-state index contributed by atoms with van der Waals surface area (Å²) in [7, 11) is 4.09. The van der Waals surface area contributed by atoms with Crippen molar-refractivity contribution in [2.75, 3.05) is 39.4 Å². The first-order chi connectivity index (χ1) is 9.31. The van der Waals surface area contributed by atoms with Gasteiger partial charge in [0.15, 0.2) is 0 Å². The first kappa shape index (κ1) is 13.1. The minimum absolute atomic E-state index is 0.194. The van der Waals surface area contributed by atoms with E-state index in [9.17, 15) is 0 Å². The molecule has 103 valence electrons. The zero-order valence-corrected chi connectivity index (χ0v) is 11.6. The number of benzene rings is 1. The van der Waals surface area contributed by atoms with Gasteiger partial charge >= 0.3 is 0 Å². The Morgan fingerprint density at radius 1 is 0.947 bits per heavy atom. The molecule has 2 aliphatic rings. The van der Waals surface area contributed by atoms with Gasteiger partial charge in [-0.1, -0.05) is 30.3 Å². The van der Waals surface area contributed by atoms with Gasteiger partial charge in [0.1, 0.15) is 0 Å². The number of rotatable bonds is 2. The lowest BCUT2D eigenvalue weighted by Gasteiger charge is -2.50. The van der Waals surface area contributed by atoms with Gasteiger partial charge in [-0.25, -0.2) is 0 Å². The summed E-state index contributed by atoms with van der Waals surface area (Å²) in [5, 5.41) is 0. The molecule has 2 saturated heterocycles. The molecule has 2 aliphatic heterocycles. The normalized spacial score (nSPS) is 25.3. The van der Waals surface area contributed by atoms with Gasteiger partial charge in [-0.3, -0.25) is 4.90 Å². The third kappa shape index (κ3) is 2.55. The Morgan fingerprint density at radius 3 is 2.21 bits per heavy atom. The molecule has 3 nitrogen and oxygen atoms in total. The monoisotopic (exact) mass is 259 g/mol. The van der Waals surface area contributed by atoms with E-state index in [2.05, 4.69) is 47.2 Å². The highest BCUT2D eigenvalue weighted by atomic mass is 16.5. The standard InChI is InChI=1S/C16H23N2O/c1-17-9-7-16(8-10-17,15-5-3-2-4-6-15)18-11-13-19-14-12-18/h2-6H,1,7-14H2. The molecule has 0 saturated carbocycles. The van der Waals surface area contributed by atoms with Gasteiger partial charge in [-0.15, -0.1) is 0 Å². The Hall–Kier alpha value is -0.900. The average molecular weight is 259 g/mol. The molecule has 0 N–H and O–H groups in total. The van der Waals surface area contributed by atoms with Crippen LogP contribution in [-0.2, 0) is 10.3 Å². The summed E-state index contributed by atoms with van der Waals surface area (Å²) >= 11 is 0. The third-order valence-corrected chi connectivity index (χ3v) is 4.61. The smallest absolute Gasteiger partial charge is 0.0594 e.